The van der Waals surface area contributed by atoms with Crippen molar-refractivity contribution in [1.29, 1.82) is 0 Å². The van der Waals surface area contributed by atoms with Gasteiger partial charge in [-0.1, -0.05) is 30.3 Å². The Labute approximate surface area is 240 Å². The zero-order chi connectivity index (χ0) is 29.6. The average Bonchev–Trinajstić information content (AvgIpc) is 3.42. The standard InChI is InChI=1S/C32H24N2O8/c35-29(23-10-16-28(17-11-23)42-32(38)24-4-2-1-3-5-24)20-41-31(37)25-18-30(36)33(19-25)26-12-6-21(7-13-26)22-8-14-27(15-9-22)34(39)40/h1-17,25H,18-20H2/t25-/m1/s1. The highest BCUT2D eigenvalue weighted by Gasteiger charge is 2.36. The topological polar surface area (TPSA) is 133 Å². The van der Waals surface area contributed by atoms with E-state index in [-0.39, 0.29) is 35.9 Å². The molecule has 1 fully saturated rings. The van der Waals surface area contributed by atoms with Crippen LogP contribution in [-0.4, -0.2) is 41.7 Å². The van der Waals surface area contributed by atoms with Crippen LogP contribution in [0.15, 0.2) is 103 Å². The van der Waals surface area contributed by atoms with E-state index < -0.39 is 35.2 Å². The predicted octanol–water partition coefficient (Wildman–Crippen LogP) is 5.26. The fourth-order valence-electron chi connectivity index (χ4n) is 4.51. The Morgan fingerprint density at radius 2 is 1.43 bits per heavy atom. The number of hydrogen-bond donors (Lipinski definition) is 0. The number of nitro groups is 1. The lowest BCUT2D eigenvalue weighted by molar-refractivity contribution is -0.384. The van der Waals surface area contributed by atoms with E-state index in [1.165, 1.54) is 41.3 Å². The molecule has 1 saturated heterocycles. The summed E-state index contributed by atoms with van der Waals surface area (Å²) >= 11 is 0. The molecule has 1 aliphatic heterocycles. The summed E-state index contributed by atoms with van der Waals surface area (Å²) in [5.74, 6) is -2.30. The number of esters is 2. The molecule has 1 aliphatic rings. The number of carbonyl (C=O) groups is 4. The summed E-state index contributed by atoms with van der Waals surface area (Å²) in [5, 5.41) is 10.9. The van der Waals surface area contributed by atoms with E-state index in [0.29, 0.717) is 11.3 Å². The van der Waals surface area contributed by atoms with Crippen LogP contribution in [0.4, 0.5) is 11.4 Å². The van der Waals surface area contributed by atoms with Crippen LogP contribution < -0.4 is 9.64 Å². The van der Waals surface area contributed by atoms with E-state index in [2.05, 4.69) is 0 Å². The largest absolute Gasteiger partial charge is 0.457 e. The van der Waals surface area contributed by atoms with Crippen LogP contribution in [0, 0.1) is 16.0 Å². The van der Waals surface area contributed by atoms with Crippen molar-refractivity contribution in [3.63, 3.8) is 0 Å². The number of hydrogen-bond acceptors (Lipinski definition) is 8. The van der Waals surface area contributed by atoms with Crippen LogP contribution in [-0.2, 0) is 14.3 Å². The lowest BCUT2D eigenvalue weighted by Gasteiger charge is -2.17. The lowest BCUT2D eigenvalue weighted by Crippen LogP contribution is -2.27. The fraction of sp³-hybridized carbons (Fsp3) is 0.125. The van der Waals surface area contributed by atoms with Crippen molar-refractivity contribution in [2.24, 2.45) is 5.92 Å². The van der Waals surface area contributed by atoms with Crippen molar-refractivity contribution in [1.82, 2.24) is 0 Å². The number of carbonyl (C=O) groups excluding carboxylic acids is 4. The molecule has 42 heavy (non-hydrogen) atoms. The van der Waals surface area contributed by atoms with Gasteiger partial charge in [0.1, 0.15) is 5.75 Å². The van der Waals surface area contributed by atoms with Gasteiger partial charge < -0.3 is 14.4 Å². The van der Waals surface area contributed by atoms with Crippen molar-refractivity contribution in [3.05, 3.63) is 124 Å². The molecule has 0 N–H and O–H groups in total. The second-order valence-electron chi connectivity index (χ2n) is 9.57. The summed E-state index contributed by atoms with van der Waals surface area (Å²) in [5.41, 5.74) is 2.88. The number of ketones is 1. The molecule has 4 aromatic carbocycles. The Balaban J connectivity index is 1.13. The number of non-ortho nitro benzene ring substituents is 1. The summed E-state index contributed by atoms with van der Waals surface area (Å²) in [7, 11) is 0. The van der Waals surface area contributed by atoms with Gasteiger partial charge in [0.15, 0.2) is 12.4 Å². The lowest BCUT2D eigenvalue weighted by atomic mass is 10.0. The van der Waals surface area contributed by atoms with Crippen molar-refractivity contribution in [3.8, 4) is 16.9 Å². The first-order chi connectivity index (χ1) is 20.3. The Bertz CT molecular complexity index is 1630. The number of nitro benzene ring substituents is 1. The van der Waals surface area contributed by atoms with Gasteiger partial charge in [-0.15, -0.1) is 0 Å². The quantitative estimate of drug-likeness (QED) is 0.0884. The molecule has 1 amide bonds. The maximum absolute atomic E-state index is 12.7. The van der Waals surface area contributed by atoms with Crippen molar-refractivity contribution in [2.45, 2.75) is 6.42 Å². The molecule has 10 heteroatoms. The molecule has 0 bridgehead atoms. The third-order valence-corrected chi connectivity index (χ3v) is 6.79. The van der Waals surface area contributed by atoms with Crippen molar-refractivity contribution < 1.29 is 33.6 Å². The molecule has 0 radical (unpaired) electrons. The van der Waals surface area contributed by atoms with E-state index in [9.17, 15) is 29.3 Å². The molecular weight excluding hydrogens is 540 g/mol. The van der Waals surface area contributed by atoms with E-state index in [0.717, 1.165) is 11.1 Å². The van der Waals surface area contributed by atoms with Crippen LogP contribution in [0.5, 0.6) is 5.75 Å². The molecule has 210 valence electrons. The molecular formula is C32H24N2O8. The number of amides is 1. The smallest absolute Gasteiger partial charge is 0.343 e. The van der Waals surface area contributed by atoms with Crippen LogP contribution in [0.3, 0.4) is 0 Å². The molecule has 0 saturated carbocycles. The first-order valence-electron chi connectivity index (χ1n) is 13.0. The zero-order valence-electron chi connectivity index (χ0n) is 22.2. The van der Waals surface area contributed by atoms with Gasteiger partial charge in [-0.2, -0.15) is 0 Å². The number of benzene rings is 4. The minimum Gasteiger partial charge on any atom is -0.457 e. The van der Waals surface area contributed by atoms with Gasteiger partial charge in [0.2, 0.25) is 5.91 Å². The number of anilines is 1. The Hall–Kier alpha value is -5.64. The molecule has 4 aromatic rings. The first kappa shape index (κ1) is 27.9. The van der Waals surface area contributed by atoms with Gasteiger partial charge >= 0.3 is 11.9 Å². The van der Waals surface area contributed by atoms with Crippen molar-refractivity contribution in [2.75, 3.05) is 18.1 Å². The Kier molecular flexibility index (Phi) is 8.14. The number of Topliss-reactive ketones (excluding diaryl/α,β-unsaturated/α-hetero) is 1. The second-order valence-corrected chi connectivity index (χ2v) is 9.57. The normalized spacial score (nSPS) is 14.3. The molecule has 0 spiro atoms. The summed E-state index contributed by atoms with van der Waals surface area (Å²) in [6, 6.07) is 27.6. The fourth-order valence-corrected chi connectivity index (χ4v) is 4.51. The molecule has 0 aromatic heterocycles. The third-order valence-electron chi connectivity index (χ3n) is 6.79. The highest BCUT2D eigenvalue weighted by atomic mass is 16.6. The Morgan fingerprint density at radius 3 is 2.05 bits per heavy atom. The van der Waals surface area contributed by atoms with Crippen molar-refractivity contribution >= 4 is 35.0 Å². The maximum Gasteiger partial charge on any atom is 0.343 e. The SMILES string of the molecule is O=C(COC(=O)[C@@H]1CC(=O)N(c2ccc(-c3ccc([N+](=O)[O-])cc3)cc2)C1)c1ccc(OC(=O)c2ccccc2)cc1. The average molecular weight is 565 g/mol. The molecule has 0 unspecified atom stereocenters. The van der Waals surface area contributed by atoms with Gasteiger partial charge in [-0.25, -0.2) is 4.79 Å². The Morgan fingerprint density at radius 1 is 0.810 bits per heavy atom. The maximum atomic E-state index is 12.7. The summed E-state index contributed by atoms with van der Waals surface area (Å²) in [6.07, 6.45) is -0.0430. The van der Waals surface area contributed by atoms with Gasteiger partial charge in [0.05, 0.1) is 16.4 Å². The summed E-state index contributed by atoms with van der Waals surface area (Å²) in [4.78, 5) is 62.0. The molecule has 1 heterocycles. The van der Waals surface area contributed by atoms with Crippen LogP contribution >= 0.6 is 0 Å². The second kappa shape index (κ2) is 12.3. The van der Waals surface area contributed by atoms with E-state index in [1.54, 1.807) is 66.7 Å². The summed E-state index contributed by atoms with van der Waals surface area (Å²) < 4.78 is 10.5. The van der Waals surface area contributed by atoms with Crippen LogP contribution in [0.2, 0.25) is 0 Å². The highest BCUT2D eigenvalue weighted by Crippen LogP contribution is 2.29. The van der Waals surface area contributed by atoms with Gasteiger partial charge in [-0.05, 0) is 71.8 Å². The molecule has 1 atom stereocenters. The van der Waals surface area contributed by atoms with E-state index >= 15 is 0 Å². The van der Waals surface area contributed by atoms with Gasteiger partial charge in [0, 0.05) is 36.3 Å². The monoisotopic (exact) mass is 564 g/mol. The minimum absolute atomic E-state index is 0.00242. The number of nitrogens with zero attached hydrogens (tertiary/aromatic N) is 2. The predicted molar refractivity (Wildman–Crippen MR) is 152 cm³/mol. The highest BCUT2D eigenvalue weighted by molar-refractivity contribution is 6.01. The number of rotatable bonds is 9. The zero-order valence-corrected chi connectivity index (χ0v) is 22.2. The summed E-state index contributed by atoms with van der Waals surface area (Å²) in [6.45, 7) is -0.374. The molecule has 0 aliphatic carbocycles. The minimum atomic E-state index is -0.723. The molecule has 5 rings (SSSR count). The van der Waals surface area contributed by atoms with Gasteiger partial charge in [-0.3, -0.25) is 24.5 Å². The van der Waals surface area contributed by atoms with E-state index in [1.807, 2.05) is 0 Å². The van der Waals surface area contributed by atoms with E-state index in [4.69, 9.17) is 9.47 Å². The van der Waals surface area contributed by atoms with Crippen LogP contribution in [0.25, 0.3) is 11.1 Å². The van der Waals surface area contributed by atoms with Gasteiger partial charge in [0.25, 0.3) is 5.69 Å². The molecule has 10 nitrogen and oxygen atoms in total. The number of ether oxygens (including phenoxy) is 2. The third kappa shape index (κ3) is 6.39. The van der Waals surface area contributed by atoms with Crippen LogP contribution in [0.1, 0.15) is 27.1 Å². The first-order valence-corrected chi connectivity index (χ1v) is 13.0.